The van der Waals surface area contributed by atoms with Gasteiger partial charge in [0.15, 0.2) is 0 Å². The third-order valence-corrected chi connectivity index (χ3v) is 4.71. The van der Waals surface area contributed by atoms with Crippen LogP contribution < -0.4 is 4.74 Å². The number of hydrogen-bond donors (Lipinski definition) is 0. The Morgan fingerprint density at radius 3 is 2.83 bits per heavy atom. The third-order valence-electron chi connectivity index (χ3n) is 4.71. The predicted octanol–water partition coefficient (Wildman–Crippen LogP) is 1.06. The second kappa shape index (κ2) is 7.58. The number of carbonyl (C=O) groups is 1. The fraction of sp³-hybridized carbons (Fsp3) is 0.647. The summed E-state index contributed by atoms with van der Waals surface area (Å²) in [5.41, 5.74) is 0.190. The molecule has 3 rings (SSSR count). The zero-order valence-corrected chi connectivity index (χ0v) is 14.0. The molecule has 0 aromatic carbocycles. The molecule has 0 saturated carbocycles. The first-order chi connectivity index (χ1) is 11.7. The number of nitriles is 1. The molecule has 128 valence electrons. The largest absolute Gasteiger partial charge is 0.470 e. The van der Waals surface area contributed by atoms with Crippen LogP contribution in [0.3, 0.4) is 0 Å². The van der Waals surface area contributed by atoms with Gasteiger partial charge in [0, 0.05) is 25.5 Å². The minimum Gasteiger partial charge on any atom is -0.470 e. The molecule has 1 aromatic heterocycles. The summed E-state index contributed by atoms with van der Waals surface area (Å²) in [5, 5.41) is 9.08. The van der Waals surface area contributed by atoms with Crippen LogP contribution in [0.25, 0.3) is 0 Å². The van der Waals surface area contributed by atoms with Gasteiger partial charge in [-0.15, -0.1) is 0 Å². The molecule has 24 heavy (non-hydrogen) atoms. The first-order valence-corrected chi connectivity index (χ1v) is 8.52. The van der Waals surface area contributed by atoms with E-state index in [9.17, 15) is 4.79 Å². The lowest BCUT2D eigenvalue weighted by Crippen LogP contribution is -2.49. The van der Waals surface area contributed by atoms with E-state index >= 15 is 0 Å². The van der Waals surface area contributed by atoms with Gasteiger partial charge in [0.25, 0.3) is 5.88 Å². The van der Waals surface area contributed by atoms with Crippen LogP contribution in [0.4, 0.5) is 0 Å². The molecule has 2 atom stereocenters. The van der Waals surface area contributed by atoms with Crippen molar-refractivity contribution in [1.82, 2.24) is 19.8 Å². The van der Waals surface area contributed by atoms with Gasteiger partial charge in [0.05, 0.1) is 12.5 Å². The van der Waals surface area contributed by atoms with E-state index in [0.29, 0.717) is 6.54 Å². The van der Waals surface area contributed by atoms with Crippen LogP contribution in [0.2, 0.25) is 0 Å². The minimum absolute atomic E-state index is 0.0914. The van der Waals surface area contributed by atoms with E-state index < -0.39 is 0 Å². The molecule has 0 radical (unpaired) electrons. The number of rotatable bonds is 3. The van der Waals surface area contributed by atoms with Crippen LogP contribution in [-0.2, 0) is 4.79 Å². The van der Waals surface area contributed by atoms with Crippen molar-refractivity contribution < 1.29 is 9.53 Å². The van der Waals surface area contributed by atoms with Gasteiger partial charge in [-0.25, -0.2) is 9.97 Å². The molecule has 2 aliphatic rings. The summed E-state index contributed by atoms with van der Waals surface area (Å²) in [6.07, 6.45) is 6.66. The van der Waals surface area contributed by atoms with Crippen molar-refractivity contribution in [1.29, 1.82) is 5.26 Å². The van der Waals surface area contributed by atoms with E-state index in [4.69, 9.17) is 10.00 Å². The molecular formula is C17H23N5O2. The zero-order valence-electron chi connectivity index (χ0n) is 14.0. The summed E-state index contributed by atoms with van der Waals surface area (Å²) in [6, 6.07) is 1.99. The average molecular weight is 329 g/mol. The number of piperidine rings is 2. The molecule has 3 heterocycles. The summed E-state index contributed by atoms with van der Waals surface area (Å²) >= 11 is 0. The highest BCUT2D eigenvalue weighted by Crippen LogP contribution is 2.22. The summed E-state index contributed by atoms with van der Waals surface area (Å²) < 4.78 is 5.87. The Morgan fingerprint density at radius 2 is 2.04 bits per heavy atom. The van der Waals surface area contributed by atoms with Crippen molar-refractivity contribution in [2.75, 3.05) is 33.2 Å². The highest BCUT2D eigenvalue weighted by atomic mass is 16.5. The SMILES string of the molecule is CN1CCCC(C(=O)N2CCCC(Oc3nccnc3C#N)C2)C1. The van der Waals surface area contributed by atoms with E-state index in [0.717, 1.165) is 45.3 Å². The maximum Gasteiger partial charge on any atom is 0.251 e. The zero-order chi connectivity index (χ0) is 16.9. The molecule has 2 unspecified atom stereocenters. The molecule has 0 N–H and O–H groups in total. The van der Waals surface area contributed by atoms with E-state index in [1.807, 2.05) is 11.0 Å². The monoisotopic (exact) mass is 329 g/mol. The Balaban J connectivity index is 1.62. The fourth-order valence-electron chi connectivity index (χ4n) is 3.51. The minimum atomic E-state index is -0.132. The lowest BCUT2D eigenvalue weighted by molar-refractivity contribution is -0.139. The molecule has 0 bridgehead atoms. The number of nitrogens with zero attached hydrogens (tertiary/aromatic N) is 5. The third kappa shape index (κ3) is 3.82. The van der Waals surface area contributed by atoms with Crippen LogP contribution in [-0.4, -0.2) is 65.0 Å². The smallest absolute Gasteiger partial charge is 0.251 e. The normalized spacial score (nSPS) is 25.1. The molecule has 0 aliphatic carbocycles. The first-order valence-electron chi connectivity index (χ1n) is 8.52. The quantitative estimate of drug-likeness (QED) is 0.825. The fourth-order valence-corrected chi connectivity index (χ4v) is 3.51. The Hall–Kier alpha value is -2.20. The highest BCUT2D eigenvalue weighted by molar-refractivity contribution is 5.79. The van der Waals surface area contributed by atoms with E-state index in [1.54, 1.807) is 0 Å². The number of likely N-dealkylation sites (tertiary alicyclic amines) is 2. The van der Waals surface area contributed by atoms with Gasteiger partial charge in [-0.3, -0.25) is 4.79 Å². The van der Waals surface area contributed by atoms with Gasteiger partial charge in [-0.2, -0.15) is 5.26 Å². The van der Waals surface area contributed by atoms with Crippen molar-refractivity contribution in [3.05, 3.63) is 18.1 Å². The summed E-state index contributed by atoms with van der Waals surface area (Å²) in [5.74, 6) is 0.583. The van der Waals surface area contributed by atoms with Crippen molar-refractivity contribution >= 4 is 5.91 Å². The van der Waals surface area contributed by atoms with E-state index in [2.05, 4.69) is 21.9 Å². The van der Waals surface area contributed by atoms with Gasteiger partial charge in [-0.05, 0) is 39.3 Å². The Morgan fingerprint density at radius 1 is 1.25 bits per heavy atom. The Labute approximate surface area is 142 Å². The molecule has 7 heteroatoms. The number of amides is 1. The van der Waals surface area contributed by atoms with Crippen LogP contribution >= 0.6 is 0 Å². The molecular weight excluding hydrogens is 306 g/mol. The van der Waals surface area contributed by atoms with Crippen LogP contribution in [0.1, 0.15) is 31.4 Å². The lowest BCUT2D eigenvalue weighted by atomic mass is 9.95. The van der Waals surface area contributed by atoms with Gasteiger partial charge in [-0.1, -0.05) is 0 Å². The topological polar surface area (TPSA) is 82.3 Å². The Kier molecular flexibility index (Phi) is 5.26. The average Bonchev–Trinajstić information content (AvgIpc) is 2.62. The number of aromatic nitrogens is 2. The molecule has 1 aromatic rings. The number of carbonyl (C=O) groups excluding carboxylic acids is 1. The number of ether oxygens (including phenoxy) is 1. The maximum absolute atomic E-state index is 12.8. The molecule has 2 aliphatic heterocycles. The maximum atomic E-state index is 12.8. The van der Waals surface area contributed by atoms with Crippen LogP contribution in [0.15, 0.2) is 12.4 Å². The standard InChI is InChI=1S/C17H23N5O2/c1-21-8-2-4-13(11-21)17(23)22-9-3-5-14(12-22)24-16-15(10-18)19-6-7-20-16/h6-7,13-14H,2-5,8-9,11-12H2,1H3. The van der Waals surface area contributed by atoms with E-state index in [1.165, 1.54) is 12.4 Å². The first kappa shape index (κ1) is 16.7. The lowest BCUT2D eigenvalue weighted by Gasteiger charge is -2.37. The molecule has 0 spiro atoms. The van der Waals surface area contributed by atoms with Gasteiger partial charge < -0.3 is 14.5 Å². The second-order valence-electron chi connectivity index (χ2n) is 6.59. The van der Waals surface area contributed by atoms with Gasteiger partial charge in [0.2, 0.25) is 11.6 Å². The van der Waals surface area contributed by atoms with Gasteiger partial charge >= 0.3 is 0 Å². The van der Waals surface area contributed by atoms with Crippen molar-refractivity contribution in [2.24, 2.45) is 5.92 Å². The summed E-state index contributed by atoms with van der Waals surface area (Å²) in [4.78, 5) is 25.0. The summed E-state index contributed by atoms with van der Waals surface area (Å²) in [7, 11) is 2.07. The van der Waals surface area contributed by atoms with Crippen LogP contribution in [0.5, 0.6) is 5.88 Å². The van der Waals surface area contributed by atoms with Gasteiger partial charge in [0.1, 0.15) is 12.2 Å². The molecule has 7 nitrogen and oxygen atoms in total. The highest BCUT2D eigenvalue weighted by Gasteiger charge is 2.32. The van der Waals surface area contributed by atoms with Crippen molar-refractivity contribution in [3.8, 4) is 11.9 Å². The van der Waals surface area contributed by atoms with E-state index in [-0.39, 0.29) is 29.5 Å². The second-order valence-corrected chi connectivity index (χ2v) is 6.59. The van der Waals surface area contributed by atoms with Crippen molar-refractivity contribution in [2.45, 2.75) is 31.8 Å². The van der Waals surface area contributed by atoms with Crippen molar-refractivity contribution in [3.63, 3.8) is 0 Å². The predicted molar refractivity (Wildman–Crippen MR) is 87.2 cm³/mol. The molecule has 2 fully saturated rings. The van der Waals surface area contributed by atoms with Crippen LogP contribution in [0, 0.1) is 17.2 Å². The number of hydrogen-bond acceptors (Lipinski definition) is 6. The summed E-state index contributed by atoms with van der Waals surface area (Å²) in [6.45, 7) is 3.24. The molecule has 1 amide bonds. The molecule has 2 saturated heterocycles. The Bertz CT molecular complexity index is 630.